The maximum absolute atomic E-state index is 10.3. The zero-order valence-corrected chi connectivity index (χ0v) is 42.9. The van der Waals surface area contributed by atoms with Gasteiger partial charge in [0.05, 0.1) is 0 Å². The van der Waals surface area contributed by atoms with E-state index in [-0.39, 0.29) is 39.0 Å². The molecule has 0 N–H and O–H groups in total. The predicted molar refractivity (Wildman–Crippen MR) is 252 cm³/mol. The summed E-state index contributed by atoms with van der Waals surface area (Å²) in [5.41, 5.74) is 0. The van der Waals surface area contributed by atoms with Gasteiger partial charge in [0.15, 0.2) is 0 Å². The molecule has 0 unspecified atom stereocenters. The van der Waals surface area contributed by atoms with Crippen molar-refractivity contribution in [3.8, 4) is 0 Å². The number of hydrogen-bond acceptors (Lipinski definition) is 4. The minimum absolute atomic E-state index is 0. The van der Waals surface area contributed by atoms with Gasteiger partial charge in [0.2, 0.25) is 0 Å². The number of unbranched alkanes of at least 4 members (excludes halogenated alkanes) is 46. The fourth-order valence-electron chi connectivity index (χ4n) is 8.46. The van der Waals surface area contributed by atoms with Crippen LogP contribution in [0.1, 0.15) is 335 Å². The van der Waals surface area contributed by atoms with Gasteiger partial charge in [0.1, 0.15) is 0 Å². The molecule has 4 nitrogen and oxygen atoms in total. The van der Waals surface area contributed by atoms with E-state index in [0.717, 1.165) is 25.7 Å². The average Bonchev–Trinajstić information content (AvgIpc) is 3.21. The normalized spacial score (nSPS) is 11.0. The van der Waals surface area contributed by atoms with Crippen molar-refractivity contribution >= 4 is 11.9 Å². The first-order chi connectivity index (χ1) is 28.5. The van der Waals surface area contributed by atoms with Gasteiger partial charge in [-0.25, -0.2) is 0 Å². The van der Waals surface area contributed by atoms with Crippen molar-refractivity contribution in [1.82, 2.24) is 0 Å². The van der Waals surface area contributed by atoms with E-state index in [1.807, 2.05) is 0 Å². The van der Waals surface area contributed by atoms with Crippen LogP contribution in [-0.4, -0.2) is 11.9 Å². The van der Waals surface area contributed by atoms with E-state index in [1.165, 1.54) is 283 Å². The minimum atomic E-state index is -0.899. The Morgan fingerprint density at radius 2 is 0.322 bits per heavy atom. The third kappa shape index (κ3) is 67.1. The monoisotopic (exact) mass is 909 g/mol. The summed E-state index contributed by atoms with van der Waals surface area (Å²) in [4.78, 5) is 20.6. The van der Waals surface area contributed by atoms with E-state index in [1.54, 1.807) is 0 Å². The smallest absolute Gasteiger partial charge is 0.550 e. The SMILES string of the molecule is CCCCCCCCCCCCCCCCCCCCCCCCCCC(=O)[O-].CCCCCCCCCCCCCCCCCCCCCCCCCCC(=O)[O-].[Zr+2]. The predicted octanol–water partition coefficient (Wildman–Crippen LogP) is 17.0. The van der Waals surface area contributed by atoms with Crippen molar-refractivity contribution < 1.29 is 46.0 Å². The maximum atomic E-state index is 10.3. The van der Waals surface area contributed by atoms with Gasteiger partial charge in [-0.2, -0.15) is 0 Å². The molecule has 0 saturated carbocycles. The number of carbonyl (C=O) groups excluding carboxylic acids is 2. The fourth-order valence-corrected chi connectivity index (χ4v) is 8.46. The van der Waals surface area contributed by atoms with E-state index in [0.29, 0.717) is 0 Å². The molecule has 0 aromatic rings. The topological polar surface area (TPSA) is 80.3 Å². The molecule has 59 heavy (non-hydrogen) atoms. The van der Waals surface area contributed by atoms with Gasteiger partial charge in [-0.05, 0) is 25.7 Å². The molecule has 5 heteroatoms. The quantitative estimate of drug-likeness (QED) is 0.0570. The van der Waals surface area contributed by atoms with E-state index >= 15 is 0 Å². The van der Waals surface area contributed by atoms with Gasteiger partial charge in [-0.1, -0.05) is 309 Å². The Morgan fingerprint density at radius 3 is 0.424 bits per heavy atom. The first-order valence-electron chi connectivity index (χ1n) is 26.9. The molecular weight excluding hydrogens is 804 g/mol. The Morgan fingerprint density at radius 1 is 0.220 bits per heavy atom. The van der Waals surface area contributed by atoms with E-state index in [4.69, 9.17) is 0 Å². The Hall–Kier alpha value is -0.177. The number of carbonyl (C=O) groups is 2. The van der Waals surface area contributed by atoms with Crippen molar-refractivity contribution in [3.05, 3.63) is 0 Å². The van der Waals surface area contributed by atoms with Crippen LogP contribution in [0.3, 0.4) is 0 Å². The standard InChI is InChI=1S/2C27H54O2.Zr/c2*1-2-3-4-5-6-7-8-9-10-11-12-13-14-15-16-17-18-19-20-21-22-23-24-25-26-27(28)29;/h2*2-26H2,1H3,(H,28,29);/q;;+2/p-2. The maximum Gasteiger partial charge on any atom is 2.00 e. The van der Waals surface area contributed by atoms with Crippen LogP contribution in [0.15, 0.2) is 0 Å². The summed E-state index contributed by atoms with van der Waals surface area (Å²) in [6.07, 6.45) is 66.3. The molecule has 0 radical (unpaired) electrons. The van der Waals surface area contributed by atoms with Gasteiger partial charge in [-0.3, -0.25) is 0 Å². The second kappa shape index (κ2) is 59.9. The fraction of sp³-hybridized carbons (Fsp3) is 0.963. The molecule has 0 spiro atoms. The largest absolute Gasteiger partial charge is 2.00 e. The van der Waals surface area contributed by atoms with Crippen LogP contribution < -0.4 is 10.2 Å². The Bertz CT molecular complexity index is 697. The van der Waals surface area contributed by atoms with Gasteiger partial charge >= 0.3 is 26.2 Å². The van der Waals surface area contributed by atoms with Crippen LogP contribution in [0.5, 0.6) is 0 Å². The summed E-state index contributed by atoms with van der Waals surface area (Å²) in [6.45, 7) is 4.58. The van der Waals surface area contributed by atoms with Crippen LogP contribution in [0, 0.1) is 0 Å². The van der Waals surface area contributed by atoms with E-state index < -0.39 is 11.9 Å². The molecule has 350 valence electrons. The zero-order chi connectivity index (χ0) is 42.5. The summed E-state index contributed by atoms with van der Waals surface area (Å²) in [5.74, 6) is -1.80. The van der Waals surface area contributed by atoms with Gasteiger partial charge in [0, 0.05) is 11.9 Å². The molecule has 0 aromatic heterocycles. The van der Waals surface area contributed by atoms with Crippen molar-refractivity contribution in [2.75, 3.05) is 0 Å². The van der Waals surface area contributed by atoms with Crippen molar-refractivity contribution in [3.63, 3.8) is 0 Å². The molecule has 0 atom stereocenters. The number of hydrogen-bond donors (Lipinski definition) is 0. The molecule has 0 heterocycles. The summed E-state index contributed by atoms with van der Waals surface area (Å²) in [5, 5.41) is 20.6. The van der Waals surface area contributed by atoms with Crippen molar-refractivity contribution in [2.45, 2.75) is 335 Å². The second-order valence-corrected chi connectivity index (χ2v) is 18.5. The van der Waals surface area contributed by atoms with E-state index in [2.05, 4.69) is 13.8 Å². The number of aliphatic carboxylic acids is 2. The molecule has 0 amide bonds. The first kappa shape index (κ1) is 63.1. The summed E-state index contributed by atoms with van der Waals surface area (Å²) in [6, 6.07) is 0. The Kier molecular flexibility index (Phi) is 64.1. The van der Waals surface area contributed by atoms with Crippen LogP contribution in [0.4, 0.5) is 0 Å². The summed E-state index contributed by atoms with van der Waals surface area (Å²) >= 11 is 0. The van der Waals surface area contributed by atoms with Gasteiger partial charge in [-0.15, -0.1) is 0 Å². The van der Waals surface area contributed by atoms with Crippen molar-refractivity contribution in [1.29, 1.82) is 0 Å². The molecule has 0 saturated heterocycles. The molecular formula is C54H106O4Zr. The molecule has 0 aromatic carbocycles. The van der Waals surface area contributed by atoms with Crippen LogP contribution >= 0.6 is 0 Å². The molecule has 0 aliphatic heterocycles. The zero-order valence-electron chi connectivity index (χ0n) is 40.5. The van der Waals surface area contributed by atoms with Gasteiger partial charge in [0.25, 0.3) is 0 Å². The summed E-state index contributed by atoms with van der Waals surface area (Å²) < 4.78 is 0. The van der Waals surface area contributed by atoms with E-state index in [9.17, 15) is 19.8 Å². The summed E-state index contributed by atoms with van der Waals surface area (Å²) in [7, 11) is 0. The third-order valence-corrected chi connectivity index (χ3v) is 12.5. The molecule has 0 rings (SSSR count). The van der Waals surface area contributed by atoms with Crippen LogP contribution in [-0.2, 0) is 35.8 Å². The number of rotatable bonds is 50. The van der Waals surface area contributed by atoms with Crippen LogP contribution in [0.25, 0.3) is 0 Å². The third-order valence-electron chi connectivity index (χ3n) is 12.5. The molecule has 0 fully saturated rings. The number of carboxylic acids is 2. The molecule has 0 bridgehead atoms. The van der Waals surface area contributed by atoms with Crippen molar-refractivity contribution in [2.24, 2.45) is 0 Å². The first-order valence-corrected chi connectivity index (χ1v) is 26.9. The Labute approximate surface area is 390 Å². The molecule has 0 aliphatic carbocycles. The van der Waals surface area contributed by atoms with Gasteiger partial charge < -0.3 is 19.8 Å². The minimum Gasteiger partial charge on any atom is -0.550 e. The average molecular weight is 911 g/mol. The number of carboxylic acid groups (broad SMARTS) is 2. The second-order valence-electron chi connectivity index (χ2n) is 18.5. The molecule has 0 aliphatic rings. The Balaban J connectivity index is -0.00000105. The van der Waals surface area contributed by atoms with Crippen LogP contribution in [0.2, 0.25) is 0 Å².